The van der Waals surface area contributed by atoms with E-state index in [1.54, 1.807) is 0 Å². The number of hydrogen-bond acceptors (Lipinski definition) is 1. The van der Waals surface area contributed by atoms with Crippen molar-refractivity contribution in [2.75, 3.05) is 0 Å². The van der Waals surface area contributed by atoms with Gasteiger partial charge in [0.1, 0.15) is 0 Å². The quantitative estimate of drug-likeness (QED) is 0.214. The molecule has 216 valence electrons. The Balaban J connectivity index is 1.39. The van der Waals surface area contributed by atoms with Crippen molar-refractivity contribution in [1.29, 1.82) is 0 Å². The Kier molecular flexibility index (Phi) is 5.92. The van der Waals surface area contributed by atoms with Gasteiger partial charge < -0.3 is 15.3 Å². The zero-order chi connectivity index (χ0) is 29.9. The maximum absolute atomic E-state index is 6.63. The van der Waals surface area contributed by atoms with Crippen LogP contribution in [-0.4, -0.2) is 9.55 Å². The number of aromatic nitrogens is 2. The van der Waals surface area contributed by atoms with Crippen LogP contribution in [0.2, 0.25) is 0 Å². The van der Waals surface area contributed by atoms with Crippen LogP contribution in [-0.2, 0) is 0 Å². The molecule has 0 unspecified atom stereocenters. The van der Waals surface area contributed by atoms with E-state index in [-0.39, 0.29) is 0 Å². The Morgan fingerprint density at radius 3 is 2.20 bits per heavy atom. The van der Waals surface area contributed by atoms with E-state index < -0.39 is 0 Å². The second-order valence-corrected chi connectivity index (χ2v) is 12.2. The molecule has 2 aromatic heterocycles. The number of rotatable bonds is 4. The van der Waals surface area contributed by atoms with Crippen LogP contribution in [0.5, 0.6) is 0 Å². The molecule has 5 aromatic carbocycles. The molecule has 0 saturated heterocycles. The molecule has 3 N–H and O–H groups in total. The summed E-state index contributed by atoms with van der Waals surface area (Å²) in [5, 5.41) is 5.01. The number of hydrogen-bond donors (Lipinski definition) is 2. The first-order valence-corrected chi connectivity index (χ1v) is 16.0. The van der Waals surface area contributed by atoms with Gasteiger partial charge >= 0.3 is 0 Å². The van der Waals surface area contributed by atoms with Gasteiger partial charge in [-0.2, -0.15) is 0 Å². The predicted molar refractivity (Wildman–Crippen MR) is 192 cm³/mol. The third-order valence-corrected chi connectivity index (χ3v) is 9.61. The van der Waals surface area contributed by atoms with Crippen LogP contribution in [0.4, 0.5) is 0 Å². The SMILES string of the molecule is NC1=CCCC=C1c1ccc2[nH]c3cc4c(cc3c2c1-c1ccccc1)c1ccccc1n4C1=C(c2ccccc2)CCC=C1. The van der Waals surface area contributed by atoms with E-state index in [4.69, 9.17) is 5.73 Å². The lowest BCUT2D eigenvalue weighted by molar-refractivity contribution is 1.02. The van der Waals surface area contributed by atoms with Gasteiger partial charge in [0.2, 0.25) is 0 Å². The second kappa shape index (κ2) is 10.3. The summed E-state index contributed by atoms with van der Waals surface area (Å²) in [7, 11) is 0. The Bertz CT molecular complexity index is 2410. The molecular weight excluding hydrogens is 546 g/mol. The van der Waals surface area contributed by atoms with Crippen molar-refractivity contribution in [3.63, 3.8) is 0 Å². The fourth-order valence-corrected chi connectivity index (χ4v) is 7.60. The van der Waals surface area contributed by atoms with Crippen molar-refractivity contribution in [2.45, 2.75) is 25.7 Å². The molecule has 3 heteroatoms. The Morgan fingerprint density at radius 1 is 0.622 bits per heavy atom. The number of aromatic amines is 1. The van der Waals surface area contributed by atoms with Crippen LogP contribution in [0.15, 0.2) is 139 Å². The first-order chi connectivity index (χ1) is 22.3. The lowest BCUT2D eigenvalue weighted by atomic mass is 9.87. The summed E-state index contributed by atoms with van der Waals surface area (Å²) in [5.41, 5.74) is 20.9. The average molecular weight is 580 g/mol. The standard InChI is InChI=1S/C42H33N3/c43-35-20-10-7-18-30(35)32-23-24-36-42(41(32)28-15-5-2-6-16-28)34-25-33-31-19-9-12-22-39(31)45(40(33)26-37(34)44-36)38-21-11-8-17-29(38)27-13-3-1-4-14-27/h1-6,9,11-16,18-26,44H,7-8,10,17,43H2. The van der Waals surface area contributed by atoms with Gasteiger partial charge in [-0.05, 0) is 83.9 Å². The highest BCUT2D eigenvalue weighted by Crippen LogP contribution is 2.45. The highest BCUT2D eigenvalue weighted by molar-refractivity contribution is 6.23. The third-order valence-electron chi connectivity index (χ3n) is 9.61. The highest BCUT2D eigenvalue weighted by Gasteiger charge is 2.22. The number of para-hydroxylation sites is 1. The summed E-state index contributed by atoms with van der Waals surface area (Å²) in [5.74, 6) is 0. The van der Waals surface area contributed by atoms with Crippen LogP contribution in [0.3, 0.4) is 0 Å². The van der Waals surface area contributed by atoms with Gasteiger partial charge in [-0.3, -0.25) is 0 Å². The summed E-state index contributed by atoms with van der Waals surface area (Å²) in [6.07, 6.45) is 13.2. The number of H-pyrrole nitrogens is 1. The molecule has 9 rings (SSSR count). The van der Waals surface area contributed by atoms with Gasteiger partial charge in [-0.25, -0.2) is 0 Å². The normalized spacial score (nSPS) is 15.4. The number of allylic oxidation sites excluding steroid dienone is 7. The van der Waals surface area contributed by atoms with E-state index in [1.165, 1.54) is 66.1 Å². The fraction of sp³-hybridized carbons (Fsp3) is 0.0952. The van der Waals surface area contributed by atoms with E-state index >= 15 is 0 Å². The summed E-state index contributed by atoms with van der Waals surface area (Å²) in [4.78, 5) is 3.83. The van der Waals surface area contributed by atoms with Crippen LogP contribution < -0.4 is 5.73 Å². The van der Waals surface area contributed by atoms with Gasteiger partial charge in [0.05, 0.1) is 11.0 Å². The molecule has 0 aliphatic heterocycles. The third kappa shape index (κ3) is 4.04. The topological polar surface area (TPSA) is 46.7 Å². The van der Waals surface area contributed by atoms with Crippen molar-refractivity contribution in [2.24, 2.45) is 5.73 Å². The molecule has 0 bridgehead atoms. The molecule has 2 aliphatic carbocycles. The maximum Gasteiger partial charge on any atom is 0.0562 e. The van der Waals surface area contributed by atoms with E-state index in [2.05, 4.69) is 143 Å². The molecule has 0 atom stereocenters. The first-order valence-electron chi connectivity index (χ1n) is 16.0. The molecule has 0 spiro atoms. The largest absolute Gasteiger partial charge is 0.398 e. The van der Waals surface area contributed by atoms with Gasteiger partial charge in [0.25, 0.3) is 0 Å². The van der Waals surface area contributed by atoms with Crippen LogP contribution in [0.25, 0.3) is 71.6 Å². The molecule has 2 aliphatic rings. The van der Waals surface area contributed by atoms with E-state index in [9.17, 15) is 0 Å². The lowest BCUT2D eigenvalue weighted by Crippen LogP contribution is -2.05. The monoisotopic (exact) mass is 579 g/mol. The fourth-order valence-electron chi connectivity index (χ4n) is 7.60. The molecule has 0 saturated carbocycles. The van der Waals surface area contributed by atoms with Gasteiger partial charge in [0.15, 0.2) is 0 Å². The summed E-state index contributed by atoms with van der Waals surface area (Å²) >= 11 is 0. The van der Waals surface area contributed by atoms with Crippen molar-refractivity contribution in [3.05, 3.63) is 150 Å². The van der Waals surface area contributed by atoms with Crippen molar-refractivity contribution in [3.8, 4) is 11.1 Å². The number of benzene rings is 5. The summed E-state index contributed by atoms with van der Waals surface area (Å²) in [6, 6.07) is 39.8. The van der Waals surface area contributed by atoms with E-state index in [1.807, 2.05) is 0 Å². The summed E-state index contributed by atoms with van der Waals surface area (Å²) in [6.45, 7) is 0. The van der Waals surface area contributed by atoms with Crippen molar-refractivity contribution < 1.29 is 0 Å². The van der Waals surface area contributed by atoms with Crippen molar-refractivity contribution >= 4 is 60.5 Å². The zero-order valence-electron chi connectivity index (χ0n) is 25.1. The number of fused-ring (bicyclic) bond motifs is 6. The molecule has 0 amide bonds. The maximum atomic E-state index is 6.63. The molecule has 3 nitrogen and oxygen atoms in total. The highest BCUT2D eigenvalue weighted by atomic mass is 15.0. The number of nitrogens with two attached hydrogens (primary N) is 1. The summed E-state index contributed by atoms with van der Waals surface area (Å²) < 4.78 is 2.48. The second-order valence-electron chi connectivity index (χ2n) is 12.2. The smallest absolute Gasteiger partial charge is 0.0562 e. The lowest BCUT2D eigenvalue weighted by Gasteiger charge is -2.19. The van der Waals surface area contributed by atoms with Crippen LogP contribution in [0, 0.1) is 0 Å². The number of nitrogens with zero attached hydrogens (tertiary/aromatic N) is 1. The number of nitrogens with one attached hydrogen (secondary N) is 1. The Labute approximate surface area is 262 Å². The van der Waals surface area contributed by atoms with Gasteiger partial charge in [-0.15, -0.1) is 0 Å². The van der Waals surface area contributed by atoms with Crippen LogP contribution >= 0.6 is 0 Å². The minimum atomic E-state index is 0.867. The van der Waals surface area contributed by atoms with Gasteiger partial charge in [-0.1, -0.05) is 103 Å². The predicted octanol–water partition coefficient (Wildman–Crippen LogP) is 10.8. The van der Waals surface area contributed by atoms with Crippen molar-refractivity contribution in [1.82, 2.24) is 9.55 Å². The van der Waals surface area contributed by atoms with E-state index in [0.29, 0.717) is 0 Å². The minimum Gasteiger partial charge on any atom is -0.398 e. The molecule has 0 fully saturated rings. The van der Waals surface area contributed by atoms with Crippen LogP contribution in [0.1, 0.15) is 36.8 Å². The molecule has 7 aromatic rings. The molecule has 2 heterocycles. The average Bonchev–Trinajstić information content (AvgIpc) is 3.62. The molecular formula is C42H33N3. The van der Waals surface area contributed by atoms with Gasteiger partial charge in [0, 0.05) is 49.5 Å². The Morgan fingerprint density at radius 2 is 1.38 bits per heavy atom. The Hall–Kier alpha value is -5.54. The zero-order valence-corrected chi connectivity index (χ0v) is 25.1. The van der Waals surface area contributed by atoms with E-state index in [0.717, 1.165) is 48.0 Å². The minimum absolute atomic E-state index is 0.867. The molecule has 0 radical (unpaired) electrons. The molecule has 45 heavy (non-hydrogen) atoms. The first kappa shape index (κ1) is 25.9.